The summed E-state index contributed by atoms with van der Waals surface area (Å²) in [5.41, 5.74) is 0.980. The normalized spacial score (nSPS) is 23.9. The summed E-state index contributed by atoms with van der Waals surface area (Å²) in [6.07, 6.45) is 1.52. The van der Waals surface area contributed by atoms with E-state index in [0.717, 1.165) is 11.1 Å². The van der Waals surface area contributed by atoms with Crippen LogP contribution in [0.1, 0.15) is 38.7 Å². The monoisotopic (exact) mass is 361 g/mol. The molecular weight excluding hydrogens is 337 g/mol. The smallest absolute Gasteiger partial charge is 0.214 e. The van der Waals surface area contributed by atoms with E-state index in [2.05, 4.69) is 4.72 Å². The second-order valence-corrected chi connectivity index (χ2v) is 9.23. The molecule has 1 aliphatic carbocycles. The van der Waals surface area contributed by atoms with Crippen LogP contribution in [-0.2, 0) is 15.7 Å². The maximum atomic E-state index is 15.7. The van der Waals surface area contributed by atoms with Crippen LogP contribution in [0.2, 0.25) is 0 Å². The summed E-state index contributed by atoms with van der Waals surface area (Å²) >= 11 is 0. The van der Waals surface area contributed by atoms with E-state index in [1.807, 2.05) is 42.5 Å². The van der Waals surface area contributed by atoms with Gasteiger partial charge in [-0.05, 0) is 49.8 Å². The zero-order valence-corrected chi connectivity index (χ0v) is 15.4. The Morgan fingerprint density at radius 2 is 1.64 bits per heavy atom. The van der Waals surface area contributed by atoms with E-state index >= 15 is 4.39 Å². The number of benzene rings is 2. The lowest BCUT2D eigenvalue weighted by Gasteiger charge is -2.29. The molecule has 2 aromatic carbocycles. The zero-order chi connectivity index (χ0) is 18.1. The van der Waals surface area contributed by atoms with E-state index in [1.165, 1.54) is 0 Å². The first-order valence-corrected chi connectivity index (χ1v) is 10.2. The minimum absolute atomic E-state index is 0.336. The molecular formula is C20H24FNO2S. The Kier molecular flexibility index (Phi) is 4.98. The van der Waals surface area contributed by atoms with Crippen molar-refractivity contribution in [3.05, 3.63) is 60.2 Å². The number of sulfonamides is 1. The topological polar surface area (TPSA) is 46.2 Å². The lowest BCUT2D eigenvalue weighted by atomic mass is 9.90. The van der Waals surface area contributed by atoms with Crippen molar-refractivity contribution in [2.24, 2.45) is 0 Å². The van der Waals surface area contributed by atoms with Crippen LogP contribution in [0, 0.1) is 0 Å². The lowest BCUT2D eigenvalue weighted by Crippen LogP contribution is -2.46. The lowest BCUT2D eigenvalue weighted by molar-refractivity contribution is 0.142. The van der Waals surface area contributed by atoms with Gasteiger partial charge in [-0.3, -0.25) is 0 Å². The number of alkyl halides is 1. The van der Waals surface area contributed by atoms with E-state index in [1.54, 1.807) is 26.0 Å². The predicted octanol–water partition coefficient (Wildman–Crippen LogP) is 4.40. The van der Waals surface area contributed by atoms with Crippen LogP contribution in [0.25, 0.3) is 11.1 Å². The molecule has 2 atom stereocenters. The van der Waals surface area contributed by atoms with Gasteiger partial charge in [-0.2, -0.15) is 0 Å². The van der Waals surface area contributed by atoms with Crippen molar-refractivity contribution < 1.29 is 12.8 Å². The minimum atomic E-state index is -3.50. The summed E-state index contributed by atoms with van der Waals surface area (Å²) in [5, 5.41) is -0.571. The third-order valence-electron chi connectivity index (χ3n) is 4.98. The number of hydrogen-bond acceptors (Lipinski definition) is 2. The largest absolute Gasteiger partial charge is 0.237 e. The van der Waals surface area contributed by atoms with Crippen molar-refractivity contribution in [1.82, 2.24) is 4.72 Å². The standard InChI is InChI=1S/C20H24FNO2S/c1-15(2)25(23,24)22-19-9-6-14-20(19,21)18-12-10-17(11-13-18)16-7-4-3-5-8-16/h3-5,7-8,10-13,15,19,22H,6,9,14H2,1-2H3/t19-,20+/m1/s1. The molecule has 0 amide bonds. The van der Waals surface area contributed by atoms with E-state index in [4.69, 9.17) is 0 Å². The fourth-order valence-corrected chi connectivity index (χ4v) is 4.34. The van der Waals surface area contributed by atoms with Crippen molar-refractivity contribution in [2.45, 2.75) is 50.1 Å². The fourth-order valence-electron chi connectivity index (χ4n) is 3.37. The Bertz CT molecular complexity index is 819. The van der Waals surface area contributed by atoms with E-state index in [9.17, 15) is 8.42 Å². The van der Waals surface area contributed by atoms with Crippen LogP contribution in [0.5, 0.6) is 0 Å². The van der Waals surface area contributed by atoms with Gasteiger partial charge in [0.15, 0.2) is 5.67 Å². The van der Waals surface area contributed by atoms with Crippen LogP contribution < -0.4 is 4.72 Å². The number of halogens is 1. The summed E-state index contributed by atoms with van der Waals surface area (Å²) < 4.78 is 42.6. The second kappa shape index (κ2) is 6.89. The SMILES string of the molecule is CC(C)S(=O)(=O)N[C@@H]1CCC[C@]1(F)c1ccc(-c2ccccc2)cc1. The molecule has 3 nitrogen and oxygen atoms in total. The molecule has 134 valence electrons. The molecule has 3 rings (SSSR count). The van der Waals surface area contributed by atoms with Crippen molar-refractivity contribution in [2.75, 3.05) is 0 Å². The van der Waals surface area contributed by atoms with Crippen LogP contribution in [0.15, 0.2) is 54.6 Å². The Balaban J connectivity index is 1.86. The van der Waals surface area contributed by atoms with Gasteiger partial charge in [-0.15, -0.1) is 0 Å². The molecule has 0 aliphatic heterocycles. The molecule has 1 fully saturated rings. The van der Waals surface area contributed by atoms with Gasteiger partial charge in [0.1, 0.15) is 0 Å². The first-order chi connectivity index (χ1) is 11.8. The van der Waals surface area contributed by atoms with Gasteiger partial charge in [0, 0.05) is 0 Å². The fraction of sp³-hybridized carbons (Fsp3) is 0.400. The molecule has 1 aliphatic rings. The average molecular weight is 361 g/mol. The molecule has 0 saturated heterocycles. The molecule has 0 radical (unpaired) electrons. The molecule has 0 bridgehead atoms. The van der Waals surface area contributed by atoms with Gasteiger partial charge in [0.2, 0.25) is 10.0 Å². The summed E-state index contributed by atoms with van der Waals surface area (Å²) in [6, 6.07) is 16.6. The molecule has 25 heavy (non-hydrogen) atoms. The highest BCUT2D eigenvalue weighted by Crippen LogP contribution is 2.43. The van der Waals surface area contributed by atoms with Crippen molar-refractivity contribution in [3.8, 4) is 11.1 Å². The Morgan fingerprint density at radius 1 is 1.04 bits per heavy atom. The molecule has 1 N–H and O–H groups in total. The highest BCUT2D eigenvalue weighted by molar-refractivity contribution is 7.90. The number of nitrogens with one attached hydrogen (secondary N) is 1. The highest BCUT2D eigenvalue weighted by Gasteiger charge is 2.46. The molecule has 0 aromatic heterocycles. The Labute approximate surface area is 149 Å². The Morgan fingerprint density at radius 3 is 2.24 bits per heavy atom. The first-order valence-electron chi connectivity index (χ1n) is 8.69. The molecule has 0 unspecified atom stereocenters. The molecule has 0 spiro atoms. The summed E-state index contributed by atoms with van der Waals surface area (Å²) in [7, 11) is -3.50. The highest BCUT2D eigenvalue weighted by atomic mass is 32.2. The zero-order valence-electron chi connectivity index (χ0n) is 14.6. The molecule has 5 heteroatoms. The van der Waals surface area contributed by atoms with Gasteiger partial charge in [0.05, 0.1) is 11.3 Å². The summed E-state index contributed by atoms with van der Waals surface area (Å²) in [6.45, 7) is 3.21. The maximum Gasteiger partial charge on any atom is 0.214 e. The van der Waals surface area contributed by atoms with Gasteiger partial charge >= 0.3 is 0 Å². The van der Waals surface area contributed by atoms with Crippen LogP contribution in [0.4, 0.5) is 4.39 Å². The number of hydrogen-bond donors (Lipinski definition) is 1. The van der Waals surface area contributed by atoms with Crippen LogP contribution >= 0.6 is 0 Å². The van der Waals surface area contributed by atoms with Crippen molar-refractivity contribution >= 4 is 10.0 Å². The first kappa shape index (κ1) is 18.1. The van der Waals surface area contributed by atoms with Crippen LogP contribution in [-0.4, -0.2) is 19.7 Å². The predicted molar refractivity (Wildman–Crippen MR) is 99.5 cm³/mol. The third kappa shape index (κ3) is 3.62. The second-order valence-electron chi connectivity index (χ2n) is 6.96. The maximum absolute atomic E-state index is 15.7. The minimum Gasteiger partial charge on any atom is -0.237 e. The van der Waals surface area contributed by atoms with Crippen molar-refractivity contribution in [3.63, 3.8) is 0 Å². The van der Waals surface area contributed by atoms with Gasteiger partial charge < -0.3 is 0 Å². The van der Waals surface area contributed by atoms with E-state index < -0.39 is 27.0 Å². The van der Waals surface area contributed by atoms with E-state index in [-0.39, 0.29) is 0 Å². The Hall–Kier alpha value is -1.72. The van der Waals surface area contributed by atoms with Crippen molar-refractivity contribution in [1.29, 1.82) is 0 Å². The van der Waals surface area contributed by atoms with Gasteiger partial charge in [-0.25, -0.2) is 17.5 Å². The summed E-state index contributed by atoms with van der Waals surface area (Å²) in [4.78, 5) is 0. The number of rotatable bonds is 5. The average Bonchev–Trinajstić information content (AvgIpc) is 2.97. The molecule has 0 heterocycles. The molecule has 1 saturated carbocycles. The van der Waals surface area contributed by atoms with E-state index in [0.29, 0.717) is 24.8 Å². The van der Waals surface area contributed by atoms with Gasteiger partial charge in [0.25, 0.3) is 0 Å². The third-order valence-corrected chi connectivity index (χ3v) is 6.84. The van der Waals surface area contributed by atoms with Crippen LogP contribution in [0.3, 0.4) is 0 Å². The quantitative estimate of drug-likeness (QED) is 0.858. The molecule has 2 aromatic rings. The van der Waals surface area contributed by atoms with Gasteiger partial charge in [-0.1, -0.05) is 54.6 Å². The summed E-state index contributed by atoms with van der Waals surface area (Å²) in [5.74, 6) is 0.